The van der Waals surface area contributed by atoms with Crippen LogP contribution in [0.4, 0.5) is 0 Å². The van der Waals surface area contributed by atoms with Gasteiger partial charge in [-0.15, -0.1) is 0 Å². The van der Waals surface area contributed by atoms with Crippen LogP contribution in [0.2, 0.25) is 0 Å². The van der Waals surface area contributed by atoms with Gasteiger partial charge >= 0.3 is 5.97 Å². The van der Waals surface area contributed by atoms with Crippen molar-refractivity contribution in [2.24, 2.45) is 5.16 Å². The predicted octanol–water partition coefficient (Wildman–Crippen LogP) is 1.38. The first-order chi connectivity index (χ1) is 7.63. The SMILES string of the molecule is C/C(=N\OCC(=O)O)c1ccc(C#N)cc1. The molecule has 0 bridgehead atoms. The molecule has 1 rings (SSSR count). The van der Waals surface area contributed by atoms with Crippen LogP contribution in [-0.4, -0.2) is 23.4 Å². The first-order valence-corrected chi connectivity index (χ1v) is 4.52. The summed E-state index contributed by atoms with van der Waals surface area (Å²) in [5.41, 5.74) is 1.90. The first kappa shape index (κ1) is 11.7. The Labute approximate surface area is 92.6 Å². The van der Waals surface area contributed by atoms with Crippen molar-refractivity contribution in [3.05, 3.63) is 35.4 Å². The number of nitrogens with zero attached hydrogens (tertiary/aromatic N) is 2. The smallest absolute Gasteiger partial charge is 0.344 e. The molecule has 0 aliphatic rings. The number of hydrogen-bond donors (Lipinski definition) is 1. The molecule has 0 amide bonds. The first-order valence-electron chi connectivity index (χ1n) is 4.52. The van der Waals surface area contributed by atoms with Crippen LogP contribution in [0.1, 0.15) is 18.1 Å². The molecule has 5 heteroatoms. The summed E-state index contributed by atoms with van der Waals surface area (Å²) in [6.07, 6.45) is 0. The van der Waals surface area contributed by atoms with E-state index in [1.165, 1.54) is 0 Å². The summed E-state index contributed by atoms with van der Waals surface area (Å²) in [7, 11) is 0. The van der Waals surface area contributed by atoms with E-state index < -0.39 is 12.6 Å². The van der Waals surface area contributed by atoms with Crippen molar-refractivity contribution in [2.45, 2.75) is 6.92 Å². The fourth-order valence-corrected chi connectivity index (χ4v) is 1.02. The van der Waals surface area contributed by atoms with Crippen LogP contribution in [0.25, 0.3) is 0 Å². The molecule has 1 N–H and O–H groups in total. The molecule has 0 saturated carbocycles. The summed E-state index contributed by atoms with van der Waals surface area (Å²) in [5.74, 6) is -1.07. The van der Waals surface area contributed by atoms with Crippen LogP contribution in [-0.2, 0) is 9.63 Å². The molecule has 0 fully saturated rings. The Balaban J connectivity index is 2.69. The number of carbonyl (C=O) groups is 1. The number of carboxylic acid groups (broad SMARTS) is 1. The lowest BCUT2D eigenvalue weighted by atomic mass is 10.1. The Morgan fingerprint density at radius 2 is 2.12 bits per heavy atom. The van der Waals surface area contributed by atoms with E-state index in [0.29, 0.717) is 11.3 Å². The monoisotopic (exact) mass is 218 g/mol. The minimum absolute atomic E-state index is 0.465. The van der Waals surface area contributed by atoms with Gasteiger partial charge in [0.25, 0.3) is 0 Å². The highest BCUT2D eigenvalue weighted by atomic mass is 16.6. The van der Waals surface area contributed by atoms with E-state index in [9.17, 15) is 4.79 Å². The van der Waals surface area contributed by atoms with Crippen LogP contribution in [0, 0.1) is 11.3 Å². The Kier molecular flexibility index (Phi) is 4.04. The van der Waals surface area contributed by atoms with E-state index in [1.54, 1.807) is 31.2 Å². The maximum absolute atomic E-state index is 10.2. The number of hydrogen-bond acceptors (Lipinski definition) is 4. The average molecular weight is 218 g/mol. The van der Waals surface area contributed by atoms with E-state index in [4.69, 9.17) is 10.4 Å². The summed E-state index contributed by atoms with van der Waals surface area (Å²) in [6, 6.07) is 8.77. The molecule has 0 heterocycles. The molecular formula is C11H10N2O3. The lowest BCUT2D eigenvalue weighted by Crippen LogP contribution is -2.05. The van der Waals surface area contributed by atoms with Crippen molar-refractivity contribution in [3.8, 4) is 6.07 Å². The highest BCUT2D eigenvalue weighted by Crippen LogP contribution is 2.05. The maximum Gasteiger partial charge on any atom is 0.344 e. The van der Waals surface area contributed by atoms with Crippen molar-refractivity contribution >= 4 is 11.7 Å². The van der Waals surface area contributed by atoms with Gasteiger partial charge in [0.05, 0.1) is 17.3 Å². The van der Waals surface area contributed by atoms with E-state index in [-0.39, 0.29) is 0 Å². The lowest BCUT2D eigenvalue weighted by Gasteiger charge is -2.00. The molecule has 82 valence electrons. The molecule has 0 aliphatic carbocycles. The van der Waals surface area contributed by atoms with Gasteiger partial charge in [0.15, 0.2) is 0 Å². The number of nitriles is 1. The molecule has 16 heavy (non-hydrogen) atoms. The molecule has 0 unspecified atom stereocenters. The zero-order chi connectivity index (χ0) is 12.0. The number of carboxylic acids is 1. The standard InChI is InChI=1S/C11H10N2O3/c1-8(13-16-7-11(14)15)10-4-2-9(6-12)3-5-10/h2-5H,7H2,1H3,(H,14,15)/b13-8+. The molecule has 0 spiro atoms. The normalized spacial score (nSPS) is 10.6. The van der Waals surface area contributed by atoms with Crippen molar-refractivity contribution in [1.29, 1.82) is 5.26 Å². The fourth-order valence-electron chi connectivity index (χ4n) is 1.02. The number of aliphatic carboxylic acids is 1. The van der Waals surface area contributed by atoms with Gasteiger partial charge in [0.2, 0.25) is 6.61 Å². The Morgan fingerprint density at radius 1 is 1.50 bits per heavy atom. The topological polar surface area (TPSA) is 82.7 Å². The van der Waals surface area contributed by atoms with Gasteiger partial charge in [-0.2, -0.15) is 5.26 Å². The Morgan fingerprint density at radius 3 is 2.62 bits per heavy atom. The molecule has 0 saturated heterocycles. The number of rotatable bonds is 4. The van der Waals surface area contributed by atoms with Crippen molar-refractivity contribution < 1.29 is 14.7 Å². The van der Waals surface area contributed by atoms with Gasteiger partial charge in [-0.05, 0) is 24.6 Å². The molecule has 1 aromatic carbocycles. The van der Waals surface area contributed by atoms with Crippen LogP contribution < -0.4 is 0 Å². The van der Waals surface area contributed by atoms with Gasteiger partial charge in [-0.3, -0.25) is 0 Å². The third-order valence-electron chi connectivity index (χ3n) is 1.82. The van der Waals surface area contributed by atoms with Gasteiger partial charge in [-0.25, -0.2) is 4.79 Å². The molecular weight excluding hydrogens is 208 g/mol. The average Bonchev–Trinajstić information content (AvgIpc) is 2.28. The molecule has 0 aliphatic heterocycles. The van der Waals surface area contributed by atoms with E-state index in [0.717, 1.165) is 5.56 Å². The summed E-state index contributed by atoms with van der Waals surface area (Å²) >= 11 is 0. The number of benzene rings is 1. The van der Waals surface area contributed by atoms with E-state index >= 15 is 0 Å². The molecule has 0 atom stereocenters. The molecule has 5 nitrogen and oxygen atoms in total. The van der Waals surface area contributed by atoms with Crippen LogP contribution in [0.5, 0.6) is 0 Å². The summed E-state index contributed by atoms with van der Waals surface area (Å²) < 4.78 is 0. The summed E-state index contributed by atoms with van der Waals surface area (Å²) in [5, 5.41) is 20.6. The highest BCUT2D eigenvalue weighted by molar-refractivity contribution is 5.98. The van der Waals surface area contributed by atoms with Crippen molar-refractivity contribution in [2.75, 3.05) is 6.61 Å². The maximum atomic E-state index is 10.2. The minimum Gasteiger partial charge on any atom is -0.479 e. The van der Waals surface area contributed by atoms with E-state index in [2.05, 4.69) is 9.99 Å². The third kappa shape index (κ3) is 3.42. The zero-order valence-electron chi connectivity index (χ0n) is 8.67. The summed E-state index contributed by atoms with van der Waals surface area (Å²) in [4.78, 5) is 14.8. The largest absolute Gasteiger partial charge is 0.479 e. The quantitative estimate of drug-likeness (QED) is 0.611. The van der Waals surface area contributed by atoms with Crippen molar-refractivity contribution in [1.82, 2.24) is 0 Å². The van der Waals surface area contributed by atoms with Crippen molar-refractivity contribution in [3.63, 3.8) is 0 Å². The van der Waals surface area contributed by atoms with Gasteiger partial charge < -0.3 is 9.94 Å². The Bertz CT molecular complexity index is 443. The zero-order valence-corrected chi connectivity index (χ0v) is 8.67. The lowest BCUT2D eigenvalue weighted by molar-refractivity contribution is -0.142. The second-order valence-electron chi connectivity index (χ2n) is 3.03. The van der Waals surface area contributed by atoms with E-state index in [1.807, 2.05) is 6.07 Å². The van der Waals surface area contributed by atoms with Crippen LogP contribution in [0.15, 0.2) is 29.4 Å². The van der Waals surface area contributed by atoms with Crippen LogP contribution >= 0.6 is 0 Å². The second-order valence-corrected chi connectivity index (χ2v) is 3.03. The van der Waals surface area contributed by atoms with Gasteiger partial charge in [0, 0.05) is 0 Å². The fraction of sp³-hybridized carbons (Fsp3) is 0.182. The second kappa shape index (κ2) is 5.51. The molecule has 0 aromatic heterocycles. The highest BCUT2D eigenvalue weighted by Gasteiger charge is 1.99. The van der Waals surface area contributed by atoms with Gasteiger partial charge in [-0.1, -0.05) is 17.3 Å². The Hall–Kier alpha value is -2.35. The number of oxime groups is 1. The van der Waals surface area contributed by atoms with Gasteiger partial charge in [0.1, 0.15) is 0 Å². The predicted molar refractivity (Wildman–Crippen MR) is 57.0 cm³/mol. The molecule has 1 aromatic rings. The minimum atomic E-state index is -1.07. The molecule has 0 radical (unpaired) electrons. The van der Waals surface area contributed by atoms with Crippen LogP contribution in [0.3, 0.4) is 0 Å². The summed E-state index contributed by atoms with van der Waals surface area (Å²) in [6.45, 7) is 1.23. The third-order valence-corrected chi connectivity index (χ3v) is 1.82.